The number of aromatic amines is 1. The molecule has 3 aromatic rings. The zero-order chi connectivity index (χ0) is 14.4. The van der Waals surface area contributed by atoms with Crippen LogP contribution in [-0.2, 0) is 13.0 Å². The van der Waals surface area contributed by atoms with Gasteiger partial charge in [-0.05, 0) is 11.6 Å². The summed E-state index contributed by atoms with van der Waals surface area (Å²) in [5.41, 5.74) is 1.13. The molecule has 0 unspecified atom stereocenters. The second kappa shape index (κ2) is 4.41. The predicted octanol–water partition coefficient (Wildman–Crippen LogP) is 1.27. The summed E-state index contributed by atoms with van der Waals surface area (Å²) in [6.07, 6.45) is 0.309. The molecule has 3 heterocycles. The van der Waals surface area contributed by atoms with Crippen molar-refractivity contribution in [1.29, 1.82) is 0 Å². The van der Waals surface area contributed by atoms with Crippen molar-refractivity contribution in [2.24, 2.45) is 0 Å². The van der Waals surface area contributed by atoms with Crippen molar-refractivity contribution in [3.63, 3.8) is 0 Å². The zero-order valence-electron chi connectivity index (χ0n) is 11.1. The van der Waals surface area contributed by atoms with Crippen molar-refractivity contribution in [3.8, 4) is 0 Å². The van der Waals surface area contributed by atoms with E-state index in [0.29, 0.717) is 41.5 Å². The monoisotopic (exact) mass is 285 g/mol. The van der Waals surface area contributed by atoms with Gasteiger partial charge < -0.3 is 10.3 Å². The van der Waals surface area contributed by atoms with Crippen molar-refractivity contribution in [1.82, 2.24) is 19.5 Å². The number of nitrogens with zero attached hydrogens (tertiary/aromatic N) is 3. The van der Waals surface area contributed by atoms with Crippen LogP contribution in [0.2, 0.25) is 0 Å². The van der Waals surface area contributed by atoms with E-state index in [-0.39, 0.29) is 11.4 Å². The van der Waals surface area contributed by atoms with E-state index < -0.39 is 0 Å². The molecular formula is C14H12FN5O. The van der Waals surface area contributed by atoms with Crippen molar-refractivity contribution in [2.45, 2.75) is 13.0 Å². The lowest BCUT2D eigenvalue weighted by molar-refractivity contribution is 0.612. The van der Waals surface area contributed by atoms with Gasteiger partial charge in [0.25, 0.3) is 0 Å². The Balaban J connectivity index is 1.83. The molecule has 0 radical (unpaired) electrons. The molecule has 1 aliphatic rings. The molecule has 2 aromatic heterocycles. The number of nitrogens with one attached hydrogen (secondary N) is 2. The van der Waals surface area contributed by atoms with Crippen LogP contribution in [0.25, 0.3) is 11.2 Å². The van der Waals surface area contributed by atoms with E-state index in [1.54, 1.807) is 18.2 Å². The van der Waals surface area contributed by atoms with E-state index in [1.807, 2.05) is 4.57 Å². The third kappa shape index (κ3) is 1.89. The molecule has 21 heavy (non-hydrogen) atoms. The summed E-state index contributed by atoms with van der Waals surface area (Å²) in [5.74, 6) is 0.816. The molecule has 0 aliphatic carbocycles. The van der Waals surface area contributed by atoms with Crippen LogP contribution in [0.15, 0.2) is 29.1 Å². The summed E-state index contributed by atoms with van der Waals surface area (Å²) in [5, 5.41) is 3.04. The summed E-state index contributed by atoms with van der Waals surface area (Å²) in [7, 11) is 0. The summed E-state index contributed by atoms with van der Waals surface area (Å²) in [6, 6.07) is 6.54. The van der Waals surface area contributed by atoms with Gasteiger partial charge in [-0.25, -0.2) is 9.37 Å². The Morgan fingerprint density at radius 1 is 1.29 bits per heavy atom. The van der Waals surface area contributed by atoms with Crippen LogP contribution in [0, 0.1) is 5.82 Å². The lowest BCUT2D eigenvalue weighted by Gasteiger charge is -2.00. The van der Waals surface area contributed by atoms with Gasteiger partial charge in [-0.1, -0.05) is 18.2 Å². The van der Waals surface area contributed by atoms with Gasteiger partial charge in [-0.3, -0.25) is 9.36 Å². The molecule has 6 nitrogen and oxygen atoms in total. The van der Waals surface area contributed by atoms with Crippen LogP contribution in [0.4, 0.5) is 10.3 Å². The Labute approximate surface area is 118 Å². The van der Waals surface area contributed by atoms with Crippen LogP contribution in [0.5, 0.6) is 0 Å². The van der Waals surface area contributed by atoms with Crippen molar-refractivity contribution in [2.75, 3.05) is 11.9 Å². The minimum Gasteiger partial charge on any atom is -0.354 e. The Kier molecular flexibility index (Phi) is 2.53. The predicted molar refractivity (Wildman–Crippen MR) is 75.8 cm³/mol. The minimum atomic E-state index is -0.349. The summed E-state index contributed by atoms with van der Waals surface area (Å²) < 4.78 is 15.6. The van der Waals surface area contributed by atoms with Crippen molar-refractivity contribution < 1.29 is 4.39 Å². The topological polar surface area (TPSA) is 75.6 Å². The maximum atomic E-state index is 13.7. The van der Waals surface area contributed by atoms with Crippen LogP contribution >= 0.6 is 0 Å². The molecule has 0 atom stereocenters. The Hall–Kier alpha value is -2.70. The number of aromatic nitrogens is 4. The molecule has 7 heteroatoms. The fourth-order valence-corrected chi connectivity index (χ4v) is 2.60. The van der Waals surface area contributed by atoms with Gasteiger partial charge >= 0.3 is 5.56 Å². The second-order valence-electron chi connectivity index (χ2n) is 4.97. The summed E-state index contributed by atoms with van der Waals surface area (Å²) in [6.45, 7) is 1.43. The highest BCUT2D eigenvalue weighted by Gasteiger charge is 2.18. The van der Waals surface area contributed by atoms with Gasteiger partial charge in [-0.2, -0.15) is 4.98 Å². The third-order valence-corrected chi connectivity index (χ3v) is 3.60. The molecule has 0 fully saturated rings. The number of hydrogen-bond donors (Lipinski definition) is 2. The lowest BCUT2D eigenvalue weighted by Crippen LogP contribution is -2.12. The lowest BCUT2D eigenvalue weighted by atomic mass is 10.1. The number of anilines is 1. The quantitative estimate of drug-likeness (QED) is 0.743. The molecule has 1 aliphatic heterocycles. The first-order valence-corrected chi connectivity index (χ1v) is 6.69. The molecule has 4 rings (SSSR count). The van der Waals surface area contributed by atoms with Crippen LogP contribution < -0.4 is 10.9 Å². The molecule has 0 bridgehead atoms. The maximum Gasteiger partial charge on any atom is 0.300 e. The Morgan fingerprint density at radius 2 is 2.14 bits per heavy atom. The molecule has 0 spiro atoms. The van der Waals surface area contributed by atoms with Gasteiger partial charge in [0.15, 0.2) is 11.2 Å². The van der Waals surface area contributed by atoms with E-state index in [4.69, 9.17) is 0 Å². The second-order valence-corrected chi connectivity index (χ2v) is 4.97. The fourth-order valence-electron chi connectivity index (χ4n) is 2.60. The fraction of sp³-hybridized carbons (Fsp3) is 0.214. The van der Waals surface area contributed by atoms with Crippen molar-refractivity contribution in [3.05, 3.63) is 51.8 Å². The Morgan fingerprint density at radius 3 is 3.00 bits per heavy atom. The molecule has 106 valence electrons. The standard InChI is InChI=1S/C14H12FN5O/c15-9-4-2-1-3-8(9)7-10-17-11-12(18-10)20-6-5-16-14(20)19-13(11)21/h1-4H,5-7H2,(H,17,18)(H,16,19,21). The van der Waals surface area contributed by atoms with E-state index in [0.717, 1.165) is 6.54 Å². The molecule has 0 saturated carbocycles. The first-order chi connectivity index (χ1) is 10.2. The average Bonchev–Trinajstić information content (AvgIpc) is 3.07. The van der Waals surface area contributed by atoms with E-state index in [1.165, 1.54) is 6.07 Å². The number of imidazole rings is 1. The first kappa shape index (κ1) is 12.1. The number of benzene rings is 1. The Bertz CT molecular complexity index is 898. The molecule has 0 amide bonds. The van der Waals surface area contributed by atoms with Gasteiger partial charge in [-0.15, -0.1) is 0 Å². The largest absolute Gasteiger partial charge is 0.354 e. The highest BCUT2D eigenvalue weighted by molar-refractivity contribution is 5.72. The summed E-state index contributed by atoms with van der Waals surface area (Å²) in [4.78, 5) is 23.3. The highest BCUT2D eigenvalue weighted by atomic mass is 19.1. The molecule has 2 N–H and O–H groups in total. The average molecular weight is 285 g/mol. The normalized spacial score (nSPS) is 13.4. The number of hydrogen-bond acceptors (Lipinski definition) is 4. The van der Waals surface area contributed by atoms with Crippen molar-refractivity contribution >= 4 is 17.1 Å². The smallest absolute Gasteiger partial charge is 0.300 e. The number of rotatable bonds is 2. The highest BCUT2D eigenvalue weighted by Crippen LogP contribution is 2.18. The number of H-pyrrole nitrogens is 1. The molecule has 0 saturated heterocycles. The van der Waals surface area contributed by atoms with Gasteiger partial charge in [0.1, 0.15) is 11.6 Å². The van der Waals surface area contributed by atoms with Gasteiger partial charge in [0.2, 0.25) is 5.95 Å². The van der Waals surface area contributed by atoms with Crippen LogP contribution in [0.3, 0.4) is 0 Å². The zero-order valence-corrected chi connectivity index (χ0v) is 11.1. The molecule has 1 aromatic carbocycles. The minimum absolute atomic E-state index is 0.280. The van der Waals surface area contributed by atoms with E-state index in [9.17, 15) is 9.18 Å². The van der Waals surface area contributed by atoms with Crippen LogP contribution in [0.1, 0.15) is 11.4 Å². The first-order valence-electron chi connectivity index (χ1n) is 6.69. The maximum absolute atomic E-state index is 13.7. The summed E-state index contributed by atoms with van der Waals surface area (Å²) >= 11 is 0. The molecular weight excluding hydrogens is 273 g/mol. The van der Waals surface area contributed by atoms with Crippen LogP contribution in [-0.4, -0.2) is 26.1 Å². The number of halogens is 1. The number of fused-ring (bicyclic) bond motifs is 3. The SMILES string of the molecule is O=c1nc2n(c3nc(Cc4ccccc4F)[nH]c13)CCN2. The van der Waals surface area contributed by atoms with E-state index >= 15 is 0 Å². The van der Waals surface area contributed by atoms with Gasteiger partial charge in [0, 0.05) is 19.5 Å². The van der Waals surface area contributed by atoms with E-state index in [2.05, 4.69) is 20.3 Å². The third-order valence-electron chi connectivity index (χ3n) is 3.60. The van der Waals surface area contributed by atoms with Gasteiger partial charge in [0.05, 0.1) is 0 Å².